The summed E-state index contributed by atoms with van der Waals surface area (Å²) in [6.07, 6.45) is 1.70. The maximum absolute atomic E-state index is 12.9. The first-order chi connectivity index (χ1) is 15.3. The second kappa shape index (κ2) is 9.51. The van der Waals surface area contributed by atoms with Crippen molar-refractivity contribution in [1.82, 2.24) is 10.7 Å². The number of carbonyl (C=O) groups excluding carboxylic acids is 2. The Balaban J connectivity index is 1.72. The van der Waals surface area contributed by atoms with Gasteiger partial charge in [0.25, 0.3) is 5.91 Å². The predicted molar refractivity (Wildman–Crippen MR) is 127 cm³/mol. The Bertz CT molecular complexity index is 1210. The molecule has 3 aromatic rings. The molecule has 2 amide bonds. The van der Waals surface area contributed by atoms with Crippen LogP contribution in [0, 0.1) is 0 Å². The highest BCUT2D eigenvalue weighted by Gasteiger charge is 2.47. The van der Waals surface area contributed by atoms with Crippen molar-refractivity contribution in [2.24, 2.45) is 0 Å². The molecule has 1 aliphatic heterocycles. The number of hydrogen-bond acceptors (Lipinski definition) is 2. The van der Waals surface area contributed by atoms with E-state index in [0.29, 0.717) is 31.2 Å². The molecule has 0 radical (unpaired) electrons. The van der Waals surface area contributed by atoms with Gasteiger partial charge in [0, 0.05) is 26.2 Å². The monoisotopic (exact) mass is 506 g/mol. The molecular weight excluding hydrogens is 492 g/mol. The third kappa shape index (κ3) is 4.92. The van der Waals surface area contributed by atoms with Crippen LogP contribution in [-0.4, -0.2) is 28.8 Å². The van der Waals surface area contributed by atoms with E-state index in [9.17, 15) is 9.59 Å². The van der Waals surface area contributed by atoms with Crippen molar-refractivity contribution in [3.63, 3.8) is 0 Å². The third-order valence-corrected chi connectivity index (χ3v) is 6.05. The van der Waals surface area contributed by atoms with Crippen LogP contribution in [0.1, 0.15) is 27.5 Å². The van der Waals surface area contributed by atoms with E-state index in [1.165, 1.54) is 0 Å². The Kier molecular flexibility index (Phi) is 6.72. The molecule has 5 nitrogen and oxygen atoms in total. The summed E-state index contributed by atoms with van der Waals surface area (Å²) in [5.41, 5.74) is 4.62. The largest absolute Gasteiger partial charge is 0.334 e. The maximum Gasteiger partial charge on any atom is 0.304 e. The molecule has 0 aromatic heterocycles. The van der Waals surface area contributed by atoms with Gasteiger partial charge in [0.1, 0.15) is 0 Å². The molecule has 2 atom stereocenters. The Morgan fingerprint density at radius 3 is 2.09 bits per heavy atom. The fraction of sp³-hybridized carbons (Fsp3) is 0.0870. The lowest BCUT2D eigenvalue weighted by atomic mass is 10.00. The van der Waals surface area contributed by atoms with Crippen LogP contribution in [0.2, 0.25) is 20.1 Å². The van der Waals surface area contributed by atoms with E-state index < -0.39 is 18.0 Å². The van der Waals surface area contributed by atoms with Crippen molar-refractivity contribution in [2.45, 2.75) is 12.1 Å². The molecule has 9 heteroatoms. The van der Waals surface area contributed by atoms with Crippen LogP contribution in [0.4, 0.5) is 0 Å². The van der Waals surface area contributed by atoms with Crippen LogP contribution >= 0.6 is 46.4 Å². The molecule has 0 unspecified atom stereocenters. The second-order valence-corrected chi connectivity index (χ2v) is 8.85. The van der Waals surface area contributed by atoms with Crippen LogP contribution in [0.15, 0.2) is 66.7 Å². The average Bonchev–Trinajstić information content (AvgIpc) is 3.06. The number of rotatable bonds is 4. The maximum atomic E-state index is 12.9. The van der Waals surface area contributed by atoms with Gasteiger partial charge in [-0.1, -0.05) is 58.5 Å². The van der Waals surface area contributed by atoms with Crippen LogP contribution in [-0.2, 0) is 4.79 Å². The van der Waals surface area contributed by atoms with Gasteiger partial charge in [0.2, 0.25) is 12.3 Å². The molecule has 1 fully saturated rings. The van der Waals surface area contributed by atoms with Gasteiger partial charge in [-0.2, -0.15) is 0 Å². The van der Waals surface area contributed by atoms with Crippen molar-refractivity contribution in [1.29, 1.82) is 0 Å². The highest BCUT2D eigenvalue weighted by molar-refractivity contribution is 6.36. The molecule has 0 bridgehead atoms. The number of halogens is 4. The lowest BCUT2D eigenvalue weighted by Gasteiger charge is -2.15. The fourth-order valence-corrected chi connectivity index (χ4v) is 4.13. The number of hydrazone groups is 1. The van der Waals surface area contributed by atoms with Crippen molar-refractivity contribution in [2.75, 3.05) is 0 Å². The number of hydrazine groups is 1. The predicted octanol–water partition coefficient (Wildman–Crippen LogP) is 5.32. The summed E-state index contributed by atoms with van der Waals surface area (Å²) in [6, 6.07) is 17.1. The molecule has 1 aliphatic rings. The van der Waals surface area contributed by atoms with E-state index in [1.54, 1.807) is 77.6 Å². The lowest BCUT2D eigenvalue weighted by molar-refractivity contribution is -0.596. The summed E-state index contributed by atoms with van der Waals surface area (Å²) in [4.78, 5) is 25.7. The van der Waals surface area contributed by atoms with E-state index in [2.05, 4.69) is 10.7 Å². The van der Waals surface area contributed by atoms with Crippen molar-refractivity contribution < 1.29 is 14.3 Å². The first-order valence-corrected chi connectivity index (χ1v) is 11.0. The summed E-state index contributed by atoms with van der Waals surface area (Å²) in [7, 11) is 0. The highest BCUT2D eigenvalue weighted by Crippen LogP contribution is 2.28. The van der Waals surface area contributed by atoms with Crippen LogP contribution in [0.3, 0.4) is 0 Å². The minimum absolute atomic E-state index is 0.367. The average molecular weight is 508 g/mol. The van der Waals surface area contributed by atoms with Gasteiger partial charge in [0.05, 0.1) is 10.6 Å². The Morgan fingerprint density at radius 2 is 1.47 bits per heavy atom. The molecule has 162 valence electrons. The normalized spacial score (nSPS) is 19.1. The summed E-state index contributed by atoms with van der Waals surface area (Å²) in [6.45, 7) is 0. The van der Waals surface area contributed by atoms with Crippen LogP contribution < -0.4 is 10.7 Å². The highest BCUT2D eigenvalue weighted by atomic mass is 35.5. The Hall–Kier alpha value is -2.57. The fourth-order valence-electron chi connectivity index (χ4n) is 3.42. The number of benzene rings is 3. The zero-order valence-corrected chi connectivity index (χ0v) is 19.4. The van der Waals surface area contributed by atoms with E-state index in [0.717, 1.165) is 5.56 Å². The topological polar surface area (TPSA) is 61.2 Å². The van der Waals surface area contributed by atoms with Crippen LogP contribution in [0.5, 0.6) is 0 Å². The van der Waals surface area contributed by atoms with Crippen LogP contribution in [0.25, 0.3) is 0 Å². The molecule has 2 N–H and O–H groups in total. The molecule has 1 heterocycles. The van der Waals surface area contributed by atoms with E-state index in [1.807, 2.05) is 0 Å². The summed E-state index contributed by atoms with van der Waals surface area (Å²) >= 11 is 24.3. The van der Waals surface area contributed by atoms with Crippen molar-refractivity contribution in [3.8, 4) is 0 Å². The van der Waals surface area contributed by atoms with Gasteiger partial charge in [-0.05, 0) is 54.6 Å². The number of carbonyl (C=O) groups is 2. The molecule has 0 saturated carbocycles. The minimum Gasteiger partial charge on any atom is -0.334 e. The van der Waals surface area contributed by atoms with E-state index in [-0.39, 0.29) is 5.91 Å². The lowest BCUT2D eigenvalue weighted by Crippen LogP contribution is -2.42. The molecule has 0 aliphatic carbocycles. The van der Waals surface area contributed by atoms with E-state index >= 15 is 0 Å². The number of nitrogens with one attached hydrogen (secondary N) is 2. The number of hydrogen-bond donors (Lipinski definition) is 2. The van der Waals surface area contributed by atoms with Gasteiger partial charge < -0.3 is 5.32 Å². The van der Waals surface area contributed by atoms with Crippen molar-refractivity contribution >= 4 is 64.4 Å². The minimum atomic E-state index is -0.873. The molecule has 4 rings (SSSR count). The molecular formula is C23H16Cl4N3O2+. The molecule has 0 spiro atoms. The standard InChI is InChI=1S/C23H15Cl4N3O2/c24-16-6-1-13(2-7-16)21-20(28-22(31)14-3-8-17(25)9-4-14)23(32)29-30(21)12-15-5-10-18(26)11-19(15)27/h1-12,20-21H,(H-,28,29,31,32)/p+1/b30-12-/t20-,21+/m1/s1. The number of nitrogens with zero attached hydrogens (tertiary/aromatic N) is 1. The Labute approximate surface area is 204 Å². The zero-order chi connectivity index (χ0) is 22.8. The van der Waals surface area contributed by atoms with Gasteiger partial charge in [-0.3, -0.25) is 9.59 Å². The summed E-state index contributed by atoms with van der Waals surface area (Å²) in [5, 5.41) is 4.82. The third-order valence-electron chi connectivity index (χ3n) is 4.98. The van der Waals surface area contributed by atoms with E-state index in [4.69, 9.17) is 46.4 Å². The quantitative estimate of drug-likeness (QED) is 0.469. The van der Waals surface area contributed by atoms with Gasteiger partial charge in [-0.15, -0.1) is 10.1 Å². The summed E-state index contributed by atoms with van der Waals surface area (Å²) in [5.74, 6) is -0.763. The van der Waals surface area contributed by atoms with Gasteiger partial charge in [-0.25, -0.2) is 0 Å². The first kappa shape index (κ1) is 22.6. The number of amides is 2. The molecule has 32 heavy (non-hydrogen) atoms. The van der Waals surface area contributed by atoms with Crippen molar-refractivity contribution in [3.05, 3.63) is 104 Å². The van der Waals surface area contributed by atoms with Gasteiger partial charge in [0.15, 0.2) is 6.04 Å². The van der Waals surface area contributed by atoms with Gasteiger partial charge >= 0.3 is 5.91 Å². The zero-order valence-electron chi connectivity index (χ0n) is 16.4. The summed E-state index contributed by atoms with van der Waals surface area (Å²) < 4.78 is 1.62. The second-order valence-electron chi connectivity index (χ2n) is 7.13. The first-order valence-electron chi connectivity index (χ1n) is 9.52. The smallest absolute Gasteiger partial charge is 0.304 e. The SMILES string of the molecule is O=C(N[C@H]1C(=O)N/[N+](=C\c2ccc(Cl)cc2Cl)[C@H]1c1ccc(Cl)cc1)c1ccc(Cl)cc1. The molecule has 1 saturated heterocycles. The Morgan fingerprint density at radius 1 is 0.875 bits per heavy atom. The molecule has 3 aromatic carbocycles.